The van der Waals surface area contributed by atoms with E-state index in [0.717, 1.165) is 15.6 Å². The summed E-state index contributed by atoms with van der Waals surface area (Å²) in [5.74, 6) is 0.483. The molecule has 0 atom stereocenters. The average molecular weight is 324 g/mol. The van der Waals surface area contributed by atoms with Crippen LogP contribution in [0.5, 0.6) is 5.88 Å². The van der Waals surface area contributed by atoms with Gasteiger partial charge in [-0.25, -0.2) is 4.98 Å². The maximum Gasteiger partial charge on any atom is 0.213 e. The topological polar surface area (TPSA) is 45.9 Å². The number of nitriles is 1. The predicted octanol–water partition coefficient (Wildman–Crippen LogP) is 4.04. The third-order valence-electron chi connectivity index (χ3n) is 2.43. The van der Waals surface area contributed by atoms with E-state index in [2.05, 4.69) is 27.0 Å². The van der Waals surface area contributed by atoms with Crippen LogP contribution >= 0.6 is 27.5 Å². The van der Waals surface area contributed by atoms with Gasteiger partial charge in [0.1, 0.15) is 0 Å². The third kappa shape index (κ3) is 2.47. The summed E-state index contributed by atoms with van der Waals surface area (Å²) in [7, 11) is 1.54. The Morgan fingerprint density at radius 3 is 2.78 bits per heavy atom. The zero-order chi connectivity index (χ0) is 13.1. The minimum atomic E-state index is 0.483. The summed E-state index contributed by atoms with van der Waals surface area (Å²) in [5.41, 5.74) is 2.12. The van der Waals surface area contributed by atoms with Gasteiger partial charge in [-0.2, -0.15) is 5.26 Å². The number of ether oxygens (including phenoxy) is 1. The van der Waals surface area contributed by atoms with Crippen LogP contribution in [0.15, 0.2) is 34.9 Å². The first-order valence-electron chi connectivity index (χ1n) is 5.05. The van der Waals surface area contributed by atoms with E-state index in [1.165, 1.54) is 0 Å². The van der Waals surface area contributed by atoms with E-state index < -0.39 is 0 Å². The molecule has 2 rings (SSSR count). The minimum absolute atomic E-state index is 0.483. The molecule has 5 heteroatoms. The third-order valence-corrected chi connectivity index (χ3v) is 3.30. The van der Waals surface area contributed by atoms with E-state index in [1.807, 2.05) is 0 Å². The fourth-order valence-corrected chi connectivity index (χ4v) is 2.18. The molecule has 1 heterocycles. The van der Waals surface area contributed by atoms with Crippen molar-refractivity contribution in [2.24, 2.45) is 0 Å². The first-order valence-corrected chi connectivity index (χ1v) is 6.22. The molecule has 1 aromatic heterocycles. The molecule has 0 unspecified atom stereocenters. The minimum Gasteiger partial charge on any atom is -0.481 e. The van der Waals surface area contributed by atoms with Crippen molar-refractivity contribution in [3.63, 3.8) is 0 Å². The number of methoxy groups -OCH3 is 1. The van der Waals surface area contributed by atoms with Crippen LogP contribution in [-0.4, -0.2) is 12.1 Å². The molecule has 0 aliphatic heterocycles. The van der Waals surface area contributed by atoms with E-state index in [0.29, 0.717) is 16.5 Å². The van der Waals surface area contributed by atoms with E-state index in [1.54, 1.807) is 37.6 Å². The van der Waals surface area contributed by atoms with Crippen molar-refractivity contribution in [1.82, 2.24) is 4.98 Å². The van der Waals surface area contributed by atoms with Gasteiger partial charge < -0.3 is 4.74 Å². The summed E-state index contributed by atoms with van der Waals surface area (Å²) < 4.78 is 5.87. The molecule has 2 aromatic rings. The molecule has 0 saturated heterocycles. The van der Waals surface area contributed by atoms with Gasteiger partial charge in [0.25, 0.3) is 0 Å². The standard InChI is InChI=1S/C13H8BrClN2O/c1-18-13-5-11(12(14)7-17-13)10-4-9(15)3-2-8(10)6-16/h2-5,7H,1H3. The highest BCUT2D eigenvalue weighted by molar-refractivity contribution is 9.10. The number of nitrogens with zero attached hydrogens (tertiary/aromatic N) is 2. The van der Waals surface area contributed by atoms with Crippen LogP contribution in [0.2, 0.25) is 5.02 Å². The summed E-state index contributed by atoms with van der Waals surface area (Å²) >= 11 is 9.39. The molecule has 0 amide bonds. The molecule has 0 aliphatic rings. The summed E-state index contributed by atoms with van der Waals surface area (Å²) in [5, 5.41) is 9.71. The van der Waals surface area contributed by atoms with E-state index in [9.17, 15) is 0 Å². The lowest BCUT2D eigenvalue weighted by molar-refractivity contribution is 0.398. The highest BCUT2D eigenvalue weighted by Crippen LogP contribution is 2.33. The van der Waals surface area contributed by atoms with Crippen LogP contribution < -0.4 is 4.74 Å². The van der Waals surface area contributed by atoms with E-state index in [4.69, 9.17) is 21.6 Å². The lowest BCUT2D eigenvalue weighted by atomic mass is 10.0. The number of benzene rings is 1. The van der Waals surface area contributed by atoms with Crippen molar-refractivity contribution in [2.75, 3.05) is 7.11 Å². The van der Waals surface area contributed by atoms with Gasteiger partial charge in [0.15, 0.2) is 0 Å². The molecular weight excluding hydrogens is 316 g/mol. The van der Waals surface area contributed by atoms with Crippen molar-refractivity contribution in [2.45, 2.75) is 0 Å². The summed E-state index contributed by atoms with van der Waals surface area (Å²) in [4.78, 5) is 4.08. The fraction of sp³-hybridized carbons (Fsp3) is 0.0769. The van der Waals surface area contributed by atoms with Crippen molar-refractivity contribution in [1.29, 1.82) is 5.26 Å². The Morgan fingerprint density at radius 1 is 1.33 bits per heavy atom. The number of rotatable bonds is 2. The maximum atomic E-state index is 9.13. The van der Waals surface area contributed by atoms with Crippen molar-refractivity contribution >= 4 is 27.5 Å². The number of hydrogen-bond donors (Lipinski definition) is 0. The van der Waals surface area contributed by atoms with Crippen molar-refractivity contribution in [3.8, 4) is 23.1 Å². The Balaban J connectivity index is 2.68. The Labute approximate surface area is 118 Å². The monoisotopic (exact) mass is 322 g/mol. The van der Waals surface area contributed by atoms with Gasteiger partial charge in [-0.1, -0.05) is 11.6 Å². The van der Waals surface area contributed by atoms with Crippen LogP contribution in [0.1, 0.15) is 5.56 Å². The first kappa shape index (κ1) is 12.9. The Hall–Kier alpha value is -1.57. The highest BCUT2D eigenvalue weighted by Gasteiger charge is 2.11. The zero-order valence-corrected chi connectivity index (χ0v) is 11.8. The van der Waals surface area contributed by atoms with Crippen LogP contribution in [-0.2, 0) is 0 Å². The molecule has 0 saturated carbocycles. The highest BCUT2D eigenvalue weighted by atomic mass is 79.9. The first-order chi connectivity index (χ1) is 8.65. The molecule has 18 heavy (non-hydrogen) atoms. The normalized spacial score (nSPS) is 9.89. The number of pyridine rings is 1. The van der Waals surface area contributed by atoms with Gasteiger partial charge in [0, 0.05) is 32.9 Å². The zero-order valence-electron chi connectivity index (χ0n) is 9.45. The van der Waals surface area contributed by atoms with Gasteiger partial charge >= 0.3 is 0 Å². The molecule has 0 bridgehead atoms. The molecule has 3 nitrogen and oxygen atoms in total. The lowest BCUT2D eigenvalue weighted by Crippen LogP contribution is -1.91. The second kappa shape index (κ2) is 5.38. The van der Waals surface area contributed by atoms with Crippen LogP contribution in [0, 0.1) is 11.3 Å². The quantitative estimate of drug-likeness (QED) is 0.837. The summed E-state index contributed by atoms with van der Waals surface area (Å²) in [6, 6.07) is 9.04. The maximum absolute atomic E-state index is 9.13. The number of hydrogen-bond acceptors (Lipinski definition) is 3. The smallest absolute Gasteiger partial charge is 0.213 e. The van der Waals surface area contributed by atoms with Gasteiger partial charge in [-0.15, -0.1) is 0 Å². The van der Waals surface area contributed by atoms with E-state index >= 15 is 0 Å². The fourth-order valence-electron chi connectivity index (χ4n) is 1.57. The lowest BCUT2D eigenvalue weighted by Gasteiger charge is -2.08. The number of aromatic nitrogens is 1. The van der Waals surface area contributed by atoms with E-state index in [-0.39, 0.29) is 0 Å². The second-order valence-electron chi connectivity index (χ2n) is 3.51. The molecular formula is C13H8BrClN2O. The molecule has 0 fully saturated rings. The molecule has 0 aliphatic carbocycles. The van der Waals surface area contributed by atoms with Crippen molar-refractivity contribution in [3.05, 3.63) is 45.5 Å². The van der Waals surface area contributed by atoms with Gasteiger partial charge in [0.05, 0.1) is 18.7 Å². The molecule has 0 N–H and O–H groups in total. The predicted molar refractivity (Wildman–Crippen MR) is 73.7 cm³/mol. The molecule has 90 valence electrons. The molecule has 0 spiro atoms. The molecule has 0 radical (unpaired) electrons. The largest absolute Gasteiger partial charge is 0.481 e. The number of halogens is 2. The van der Waals surface area contributed by atoms with Gasteiger partial charge in [-0.05, 0) is 34.1 Å². The average Bonchev–Trinajstić information content (AvgIpc) is 2.39. The molecule has 1 aromatic carbocycles. The Bertz CT molecular complexity index is 637. The van der Waals surface area contributed by atoms with Gasteiger partial charge in [0.2, 0.25) is 5.88 Å². The van der Waals surface area contributed by atoms with Crippen LogP contribution in [0.3, 0.4) is 0 Å². The Morgan fingerprint density at radius 2 is 2.11 bits per heavy atom. The summed E-state index contributed by atoms with van der Waals surface area (Å²) in [6.07, 6.45) is 1.64. The van der Waals surface area contributed by atoms with Crippen LogP contribution in [0.4, 0.5) is 0 Å². The van der Waals surface area contributed by atoms with Crippen LogP contribution in [0.25, 0.3) is 11.1 Å². The van der Waals surface area contributed by atoms with Crippen molar-refractivity contribution < 1.29 is 4.74 Å². The summed E-state index contributed by atoms with van der Waals surface area (Å²) in [6.45, 7) is 0. The second-order valence-corrected chi connectivity index (χ2v) is 4.80. The Kier molecular flexibility index (Phi) is 3.85. The van der Waals surface area contributed by atoms with Gasteiger partial charge in [-0.3, -0.25) is 0 Å². The SMILES string of the molecule is COc1cc(-c2cc(Cl)ccc2C#N)c(Br)cn1.